The minimum atomic E-state index is -5.32. The molecule has 0 spiro atoms. The fraction of sp³-hybridized carbons (Fsp3) is 0.125. The van der Waals surface area contributed by atoms with Gasteiger partial charge in [0.05, 0.1) is 20.9 Å². The molecular weight excluding hydrogens is 540 g/mol. The summed E-state index contributed by atoms with van der Waals surface area (Å²) >= 11 is 0. The van der Waals surface area contributed by atoms with Gasteiger partial charge in [0, 0.05) is 11.1 Å². The van der Waals surface area contributed by atoms with Crippen LogP contribution >= 0.6 is 0 Å². The van der Waals surface area contributed by atoms with Gasteiger partial charge in [-0.15, -0.1) is 0 Å². The Morgan fingerprint density at radius 2 is 1.21 bits per heavy atom. The largest absolute Gasteiger partial charge is 0.346 e. The van der Waals surface area contributed by atoms with E-state index in [0.29, 0.717) is 0 Å². The second-order valence-electron chi connectivity index (χ2n) is 6.79. The first-order valence-electron chi connectivity index (χ1n) is 8.80. The number of hydrogen-bond donors (Lipinski definition) is 4. The van der Waals surface area contributed by atoms with E-state index in [1.807, 2.05) is 0 Å². The van der Waals surface area contributed by atoms with Crippen LogP contribution in [0, 0.1) is 0 Å². The number of benzene rings is 2. The maximum absolute atomic E-state index is 13.3. The van der Waals surface area contributed by atoms with Crippen LogP contribution in [0.3, 0.4) is 0 Å². The Hall–Kier alpha value is -2.58. The Balaban J connectivity index is 2.38. The summed E-state index contributed by atoms with van der Waals surface area (Å²) in [7, 11) is -20.8. The topological polar surface area (TPSA) is 235 Å². The van der Waals surface area contributed by atoms with E-state index in [1.165, 1.54) is 6.92 Å². The molecule has 0 heterocycles. The van der Waals surface area contributed by atoms with E-state index in [-0.39, 0.29) is 12.0 Å². The number of nitrogens with one attached hydrogen (secondary N) is 2. The molecule has 4 N–H and O–H groups in total. The highest BCUT2D eigenvalue weighted by Gasteiger charge is 2.40. The quantitative estimate of drug-likeness (QED) is 0.262. The first kappa shape index (κ1) is 26.0. The van der Waals surface area contributed by atoms with Gasteiger partial charge >= 0.3 is 20.6 Å². The lowest BCUT2D eigenvalue weighted by molar-refractivity contribution is 0.0974. The highest BCUT2D eigenvalue weighted by Crippen LogP contribution is 2.36. The SMILES string of the molecule is CCc1ccc2c(c1S(=O)(=O)NS(=O)(=O)O)C(=O)c1cccc(S(=O)(=O)NS(=O)(=O)O)c1C2=O. The van der Waals surface area contributed by atoms with Crippen LogP contribution in [0.25, 0.3) is 0 Å². The molecule has 0 atom stereocenters. The van der Waals surface area contributed by atoms with Crippen molar-refractivity contribution < 1.29 is 52.4 Å². The van der Waals surface area contributed by atoms with Gasteiger partial charge in [-0.25, -0.2) is 16.8 Å². The summed E-state index contributed by atoms with van der Waals surface area (Å²) < 4.78 is 115. The maximum atomic E-state index is 13.3. The summed E-state index contributed by atoms with van der Waals surface area (Å²) in [6.45, 7) is 1.46. The van der Waals surface area contributed by atoms with Crippen molar-refractivity contribution in [2.75, 3.05) is 0 Å². The predicted molar refractivity (Wildman–Crippen MR) is 113 cm³/mol. The van der Waals surface area contributed by atoms with Crippen LogP contribution in [0.2, 0.25) is 0 Å². The zero-order valence-corrected chi connectivity index (χ0v) is 20.0. The fourth-order valence-corrected chi connectivity index (χ4v) is 8.11. The number of ketones is 2. The first-order valence-corrected chi connectivity index (χ1v) is 14.6. The van der Waals surface area contributed by atoms with E-state index in [0.717, 1.165) is 38.6 Å². The standard InChI is InChI=1S/C16H14N2O12S4/c1-2-8-6-7-10-13(16(8)32(23,24)18-34(28,29)30)15(20)9-4-3-5-11(12(9)14(10)19)31(21,22)17-33(25,26)27/h3-7,17-18H,2H2,1H3,(H,25,26,27)(H,28,29,30). The van der Waals surface area contributed by atoms with Crippen LogP contribution in [0.1, 0.15) is 44.3 Å². The number of aryl methyl sites for hydroxylation is 1. The van der Waals surface area contributed by atoms with Crippen molar-refractivity contribution in [3.8, 4) is 0 Å². The molecular formula is C16H14N2O12S4. The molecule has 2 aromatic carbocycles. The third kappa shape index (κ3) is 4.79. The molecule has 0 unspecified atom stereocenters. The van der Waals surface area contributed by atoms with Crippen LogP contribution in [0.15, 0.2) is 40.1 Å². The molecule has 18 heteroatoms. The van der Waals surface area contributed by atoms with Crippen molar-refractivity contribution in [3.05, 3.63) is 58.1 Å². The molecule has 1 aliphatic rings. The van der Waals surface area contributed by atoms with Crippen molar-refractivity contribution in [1.82, 2.24) is 8.25 Å². The summed E-state index contributed by atoms with van der Waals surface area (Å²) in [5, 5.41) is 0. The number of rotatable bonds is 7. The van der Waals surface area contributed by atoms with Crippen LogP contribution in [0.4, 0.5) is 0 Å². The van der Waals surface area contributed by atoms with E-state index in [2.05, 4.69) is 0 Å². The first-order chi connectivity index (χ1) is 15.4. The van der Waals surface area contributed by atoms with Crippen molar-refractivity contribution in [2.24, 2.45) is 0 Å². The monoisotopic (exact) mass is 554 g/mol. The zero-order valence-electron chi connectivity index (χ0n) is 16.7. The molecule has 184 valence electrons. The molecule has 0 saturated heterocycles. The number of sulfonamides is 2. The molecule has 3 rings (SSSR count). The summed E-state index contributed by atoms with van der Waals surface area (Å²) in [5.41, 5.74) is -2.93. The smallest absolute Gasteiger partial charge is 0.289 e. The van der Waals surface area contributed by atoms with Gasteiger partial charge in [-0.3, -0.25) is 18.7 Å². The highest BCUT2D eigenvalue weighted by molar-refractivity contribution is 8.02. The predicted octanol–water partition coefficient (Wildman–Crippen LogP) is -0.813. The molecule has 14 nitrogen and oxygen atoms in total. The zero-order chi connectivity index (χ0) is 25.9. The van der Waals surface area contributed by atoms with Crippen molar-refractivity contribution in [1.29, 1.82) is 0 Å². The molecule has 0 aliphatic heterocycles. The molecule has 0 fully saturated rings. The van der Waals surface area contributed by atoms with Gasteiger partial charge in [-0.1, -0.05) is 33.4 Å². The fourth-order valence-electron chi connectivity index (χ4n) is 3.44. The minimum absolute atomic E-state index is 0.0595. The second-order valence-corrected chi connectivity index (χ2v) is 12.9. The normalized spacial score (nSPS) is 14.6. The third-order valence-electron chi connectivity index (χ3n) is 4.58. The van der Waals surface area contributed by atoms with Gasteiger partial charge in [0.25, 0.3) is 20.0 Å². The maximum Gasteiger partial charge on any atom is 0.346 e. The van der Waals surface area contributed by atoms with E-state index < -0.39 is 84.3 Å². The molecule has 1 aliphatic carbocycles. The van der Waals surface area contributed by atoms with Crippen LogP contribution in [-0.4, -0.2) is 54.3 Å². The average molecular weight is 555 g/mol. The average Bonchev–Trinajstić information content (AvgIpc) is 2.66. The van der Waals surface area contributed by atoms with Crippen LogP contribution < -0.4 is 8.25 Å². The number of fused-ring (bicyclic) bond motifs is 2. The van der Waals surface area contributed by atoms with Crippen molar-refractivity contribution in [2.45, 2.75) is 23.1 Å². The molecule has 34 heavy (non-hydrogen) atoms. The summed E-state index contributed by atoms with van der Waals surface area (Å²) in [6, 6.07) is 4.81. The molecule has 2 aromatic rings. The number of carbonyl (C=O) groups excluding carboxylic acids is 2. The van der Waals surface area contributed by atoms with Crippen LogP contribution in [-0.2, 0) is 47.1 Å². The van der Waals surface area contributed by atoms with Gasteiger partial charge in [-0.05, 0) is 24.1 Å². The molecule has 0 aromatic heterocycles. The van der Waals surface area contributed by atoms with Gasteiger partial charge in [-0.2, -0.15) is 16.8 Å². The van der Waals surface area contributed by atoms with Gasteiger partial charge in [0.1, 0.15) is 0 Å². The van der Waals surface area contributed by atoms with E-state index >= 15 is 0 Å². The lowest BCUT2D eigenvalue weighted by Gasteiger charge is -2.23. The van der Waals surface area contributed by atoms with E-state index in [1.54, 1.807) is 0 Å². The Bertz CT molecular complexity index is 1690. The lowest BCUT2D eigenvalue weighted by Crippen LogP contribution is -2.35. The Morgan fingerprint density at radius 3 is 1.74 bits per heavy atom. The van der Waals surface area contributed by atoms with Gasteiger partial charge in [0.15, 0.2) is 11.6 Å². The van der Waals surface area contributed by atoms with Gasteiger partial charge in [0.2, 0.25) is 0 Å². The lowest BCUT2D eigenvalue weighted by atomic mass is 9.83. The summed E-state index contributed by atoms with van der Waals surface area (Å²) in [5.74, 6) is -2.40. The summed E-state index contributed by atoms with van der Waals surface area (Å²) in [4.78, 5) is 24.6. The highest BCUT2D eigenvalue weighted by atomic mass is 32.3. The molecule has 0 amide bonds. The Morgan fingerprint density at radius 1 is 0.706 bits per heavy atom. The number of hydrogen-bond acceptors (Lipinski definition) is 10. The van der Waals surface area contributed by atoms with Crippen molar-refractivity contribution >= 4 is 52.2 Å². The van der Waals surface area contributed by atoms with Crippen molar-refractivity contribution in [3.63, 3.8) is 0 Å². The molecule has 0 radical (unpaired) electrons. The Kier molecular flexibility index (Phi) is 6.33. The third-order valence-corrected chi connectivity index (χ3v) is 9.94. The minimum Gasteiger partial charge on any atom is -0.289 e. The number of carbonyl (C=O) groups is 2. The van der Waals surface area contributed by atoms with E-state index in [9.17, 15) is 43.3 Å². The molecule has 0 bridgehead atoms. The second kappa shape index (κ2) is 8.27. The van der Waals surface area contributed by atoms with Gasteiger partial charge < -0.3 is 0 Å². The van der Waals surface area contributed by atoms with E-state index in [4.69, 9.17) is 9.11 Å². The Labute approximate surface area is 193 Å². The molecule has 0 saturated carbocycles. The van der Waals surface area contributed by atoms with Crippen LogP contribution in [0.5, 0.6) is 0 Å². The summed E-state index contributed by atoms with van der Waals surface area (Å²) in [6.07, 6.45) is -0.0595.